The summed E-state index contributed by atoms with van der Waals surface area (Å²) in [6.45, 7) is 16.4. The van der Waals surface area contributed by atoms with Gasteiger partial charge in [-0.15, -0.1) is 0 Å². The topological polar surface area (TPSA) is 24.5 Å². The quantitative estimate of drug-likeness (QED) is 0.301. The lowest BCUT2D eigenvalue weighted by atomic mass is 10.0. The zero-order chi connectivity index (χ0) is 22.6. The molecule has 1 heterocycles. The molecule has 4 heteroatoms. The van der Waals surface area contributed by atoms with Crippen LogP contribution in [0.15, 0.2) is 65.9 Å². The van der Waals surface area contributed by atoms with E-state index in [-0.39, 0.29) is 11.7 Å². The molecule has 0 saturated carbocycles. The summed E-state index contributed by atoms with van der Waals surface area (Å²) in [6, 6.07) is 8.10. The molecule has 0 aliphatic carbocycles. The third-order valence-corrected chi connectivity index (χ3v) is 5.70. The second-order valence-corrected chi connectivity index (χ2v) is 8.46. The summed E-state index contributed by atoms with van der Waals surface area (Å²) >= 11 is 0. The highest BCUT2D eigenvalue weighted by Gasteiger charge is 2.15. The van der Waals surface area contributed by atoms with Crippen molar-refractivity contribution in [1.82, 2.24) is 10.2 Å². The molecule has 0 spiro atoms. The molecule has 0 aromatic heterocycles. The number of nitrogens with one attached hydrogen (secondary N) is 1. The van der Waals surface area contributed by atoms with Crippen LogP contribution in [-0.2, 0) is 11.3 Å². The first-order valence-electron chi connectivity index (χ1n) is 11.5. The second kappa shape index (κ2) is 13.2. The van der Waals surface area contributed by atoms with Gasteiger partial charge in [0.1, 0.15) is 23.9 Å². The normalized spacial score (nSPS) is 16.1. The van der Waals surface area contributed by atoms with Gasteiger partial charge in [0.2, 0.25) is 0 Å². The largest absolute Gasteiger partial charge is 0.487 e. The van der Waals surface area contributed by atoms with Crippen LogP contribution in [0.25, 0.3) is 6.08 Å². The minimum atomic E-state index is -0.322. The number of rotatable bonds is 12. The van der Waals surface area contributed by atoms with Crippen LogP contribution in [0.2, 0.25) is 0 Å². The van der Waals surface area contributed by atoms with Gasteiger partial charge < -0.3 is 15.0 Å². The van der Waals surface area contributed by atoms with E-state index in [1.54, 1.807) is 6.08 Å². The van der Waals surface area contributed by atoms with Crippen LogP contribution >= 0.6 is 0 Å². The molecule has 1 N–H and O–H groups in total. The SMILES string of the molecule is C=C(OCc1ccccc1/C=C\CC)/C(NCCN1CCCC1)=C(F)\C=C(\C)C(C)C. The number of likely N-dealkylation sites (tertiary alicyclic amines) is 1. The minimum absolute atomic E-state index is 0.281. The zero-order valence-electron chi connectivity index (χ0n) is 19.7. The van der Waals surface area contributed by atoms with E-state index < -0.39 is 0 Å². The number of hydrogen-bond donors (Lipinski definition) is 1. The standard InChI is InChI=1S/C27H39FN2O/c1-6-7-12-24-13-8-9-14-25(24)20-31-23(5)27(26(28)19-22(4)21(2)3)29-15-18-30-16-10-11-17-30/h7-9,12-14,19,21,29H,5-6,10-11,15-18,20H2,1-4H3/b12-7-,22-19-,27-26-. The Morgan fingerprint density at radius 1 is 1.26 bits per heavy atom. The molecule has 0 atom stereocenters. The van der Waals surface area contributed by atoms with Crippen LogP contribution in [0.3, 0.4) is 0 Å². The Morgan fingerprint density at radius 3 is 2.65 bits per heavy atom. The van der Waals surface area contributed by atoms with Crippen molar-refractivity contribution in [2.75, 3.05) is 26.2 Å². The zero-order valence-corrected chi connectivity index (χ0v) is 19.7. The highest BCUT2D eigenvalue weighted by atomic mass is 19.1. The van der Waals surface area contributed by atoms with E-state index in [2.05, 4.69) is 55.8 Å². The van der Waals surface area contributed by atoms with Crippen LogP contribution < -0.4 is 5.32 Å². The summed E-state index contributed by atoms with van der Waals surface area (Å²) in [4.78, 5) is 2.40. The van der Waals surface area contributed by atoms with Crippen molar-refractivity contribution in [3.63, 3.8) is 0 Å². The lowest BCUT2D eigenvalue weighted by molar-refractivity contribution is 0.202. The Bertz CT molecular complexity index is 801. The fraction of sp³-hybridized carbons (Fsp3) is 0.481. The van der Waals surface area contributed by atoms with Gasteiger partial charge in [-0.05, 0) is 62.4 Å². The van der Waals surface area contributed by atoms with Crippen molar-refractivity contribution < 1.29 is 9.13 Å². The summed E-state index contributed by atoms with van der Waals surface area (Å²) in [5, 5.41) is 3.26. The molecule has 1 aromatic carbocycles. The van der Waals surface area contributed by atoms with E-state index in [0.29, 0.717) is 24.6 Å². The van der Waals surface area contributed by atoms with E-state index >= 15 is 4.39 Å². The number of nitrogens with zero attached hydrogens (tertiary/aromatic N) is 1. The molecule has 1 aromatic rings. The molecular weight excluding hydrogens is 387 g/mol. The molecule has 31 heavy (non-hydrogen) atoms. The first-order chi connectivity index (χ1) is 14.9. The molecule has 1 fully saturated rings. The Morgan fingerprint density at radius 2 is 1.97 bits per heavy atom. The number of halogens is 1. The second-order valence-electron chi connectivity index (χ2n) is 8.46. The molecule has 0 unspecified atom stereocenters. The average molecular weight is 427 g/mol. The number of hydrogen-bond acceptors (Lipinski definition) is 3. The molecule has 1 saturated heterocycles. The first kappa shape index (κ1) is 24.9. The molecule has 2 rings (SSSR count). The van der Waals surface area contributed by atoms with Gasteiger partial charge in [-0.2, -0.15) is 0 Å². The third-order valence-electron chi connectivity index (χ3n) is 5.70. The smallest absolute Gasteiger partial charge is 0.150 e. The summed E-state index contributed by atoms with van der Waals surface area (Å²) in [5.74, 6) is 0.292. The van der Waals surface area contributed by atoms with Gasteiger partial charge in [-0.3, -0.25) is 0 Å². The van der Waals surface area contributed by atoms with Crippen molar-refractivity contribution >= 4 is 6.08 Å². The highest BCUT2D eigenvalue weighted by molar-refractivity contribution is 5.53. The molecule has 0 bridgehead atoms. The van der Waals surface area contributed by atoms with Crippen LogP contribution in [-0.4, -0.2) is 31.1 Å². The Kier molecular flexibility index (Phi) is 10.6. The first-order valence-corrected chi connectivity index (χ1v) is 11.5. The Labute approximate surface area is 188 Å². The predicted octanol–water partition coefficient (Wildman–Crippen LogP) is 6.61. The van der Waals surface area contributed by atoms with Crippen molar-refractivity contribution in [1.29, 1.82) is 0 Å². The number of allylic oxidation sites excluding steroid dienone is 4. The summed E-state index contributed by atoms with van der Waals surface area (Å²) in [6.07, 6.45) is 9.28. The number of ether oxygens (including phenoxy) is 1. The average Bonchev–Trinajstić information content (AvgIpc) is 3.27. The lowest BCUT2D eigenvalue weighted by Crippen LogP contribution is -2.30. The van der Waals surface area contributed by atoms with Crippen molar-refractivity contribution in [3.8, 4) is 0 Å². The van der Waals surface area contributed by atoms with Gasteiger partial charge in [-0.1, -0.05) is 69.3 Å². The summed E-state index contributed by atoms with van der Waals surface area (Å²) in [7, 11) is 0. The van der Waals surface area contributed by atoms with Crippen LogP contribution in [0.1, 0.15) is 58.1 Å². The van der Waals surface area contributed by atoms with E-state index in [9.17, 15) is 0 Å². The molecule has 1 aliphatic heterocycles. The number of benzene rings is 1. The Hall–Kier alpha value is -2.33. The molecule has 0 radical (unpaired) electrons. The van der Waals surface area contributed by atoms with Gasteiger partial charge in [0.25, 0.3) is 0 Å². The Balaban J connectivity index is 2.11. The van der Waals surface area contributed by atoms with E-state index in [0.717, 1.165) is 42.8 Å². The monoisotopic (exact) mass is 426 g/mol. The minimum Gasteiger partial charge on any atom is -0.487 e. The summed E-state index contributed by atoms with van der Waals surface area (Å²) < 4.78 is 21.1. The van der Waals surface area contributed by atoms with E-state index in [1.165, 1.54) is 12.8 Å². The molecule has 1 aliphatic rings. The molecular formula is C27H39FN2O. The third kappa shape index (κ3) is 8.37. The predicted molar refractivity (Wildman–Crippen MR) is 130 cm³/mol. The van der Waals surface area contributed by atoms with Crippen molar-refractivity contribution in [2.45, 2.75) is 53.6 Å². The lowest BCUT2D eigenvalue weighted by Gasteiger charge is -2.19. The van der Waals surface area contributed by atoms with Crippen LogP contribution in [0.4, 0.5) is 4.39 Å². The van der Waals surface area contributed by atoms with Crippen molar-refractivity contribution in [3.05, 3.63) is 77.0 Å². The van der Waals surface area contributed by atoms with Crippen LogP contribution in [0, 0.1) is 5.92 Å². The van der Waals surface area contributed by atoms with Gasteiger partial charge in [0.15, 0.2) is 0 Å². The molecule has 0 amide bonds. The van der Waals surface area contributed by atoms with Gasteiger partial charge >= 0.3 is 0 Å². The van der Waals surface area contributed by atoms with Gasteiger partial charge in [0, 0.05) is 13.1 Å². The fourth-order valence-electron chi connectivity index (χ4n) is 3.41. The van der Waals surface area contributed by atoms with E-state index in [1.807, 2.05) is 25.1 Å². The highest BCUT2D eigenvalue weighted by Crippen LogP contribution is 2.21. The van der Waals surface area contributed by atoms with Crippen LogP contribution in [0.5, 0.6) is 0 Å². The maximum Gasteiger partial charge on any atom is 0.150 e. The van der Waals surface area contributed by atoms with E-state index in [4.69, 9.17) is 4.74 Å². The van der Waals surface area contributed by atoms with Crippen molar-refractivity contribution in [2.24, 2.45) is 5.92 Å². The van der Waals surface area contributed by atoms with Gasteiger partial charge in [-0.25, -0.2) is 4.39 Å². The summed E-state index contributed by atoms with van der Waals surface area (Å²) in [5.41, 5.74) is 3.50. The van der Waals surface area contributed by atoms with Gasteiger partial charge in [0.05, 0.1) is 0 Å². The molecule has 170 valence electrons. The maximum atomic E-state index is 15.2. The molecule has 3 nitrogen and oxygen atoms in total. The fourth-order valence-corrected chi connectivity index (χ4v) is 3.41. The maximum absolute atomic E-state index is 15.2.